The normalized spacial score (nSPS) is 12.5. The Morgan fingerprint density at radius 3 is 2.47 bits per heavy atom. The molecule has 5 nitrogen and oxygen atoms in total. The van der Waals surface area contributed by atoms with Crippen LogP contribution in [0.5, 0.6) is 0 Å². The number of carbonyl (C=O) groups excluding carboxylic acids is 1. The van der Waals surface area contributed by atoms with E-state index in [1.165, 1.54) is 26.3 Å². The molecule has 6 heteroatoms. The molecule has 1 aromatic rings. The summed E-state index contributed by atoms with van der Waals surface area (Å²) in [7, 11) is -1.21. The highest BCUT2D eigenvalue weighted by Gasteiger charge is 2.35. The smallest absolute Gasteiger partial charge is 0.265 e. The Kier molecular flexibility index (Phi) is 5.10. The molecular weight excluding hydrogens is 266 g/mol. The van der Waals surface area contributed by atoms with E-state index >= 15 is 0 Å². The molecule has 1 amide bonds. The van der Waals surface area contributed by atoms with Crippen LogP contribution in [0.15, 0.2) is 35.2 Å². The van der Waals surface area contributed by atoms with Crippen LogP contribution in [0.1, 0.15) is 6.42 Å². The Bertz CT molecular complexity index is 574. The minimum Gasteiger partial charge on any atom is -0.275 e. The van der Waals surface area contributed by atoms with Crippen molar-refractivity contribution in [1.82, 2.24) is 5.06 Å². The second kappa shape index (κ2) is 6.36. The van der Waals surface area contributed by atoms with Crippen molar-refractivity contribution >= 4 is 15.7 Å². The molecule has 0 heterocycles. The summed E-state index contributed by atoms with van der Waals surface area (Å²) >= 11 is 0. The number of terminal acetylenes is 1. The van der Waals surface area contributed by atoms with Crippen LogP contribution >= 0.6 is 0 Å². The zero-order valence-electron chi connectivity index (χ0n) is 10.7. The molecule has 1 rings (SSSR count). The zero-order chi connectivity index (χ0) is 14.5. The number of rotatable bonds is 5. The van der Waals surface area contributed by atoms with Gasteiger partial charge in [0.2, 0.25) is 0 Å². The lowest BCUT2D eigenvalue weighted by atomic mass is 10.3. The molecule has 0 aromatic heterocycles. The van der Waals surface area contributed by atoms with Crippen molar-refractivity contribution in [3.8, 4) is 12.3 Å². The molecule has 0 bridgehead atoms. The Labute approximate surface area is 113 Å². The maximum Gasteiger partial charge on any atom is 0.265 e. The van der Waals surface area contributed by atoms with Gasteiger partial charge in [-0.2, -0.15) is 0 Å². The largest absolute Gasteiger partial charge is 0.275 e. The Balaban J connectivity index is 3.20. The lowest BCUT2D eigenvalue weighted by molar-refractivity contribution is -0.168. The van der Waals surface area contributed by atoms with Crippen LogP contribution in [-0.2, 0) is 19.5 Å². The molecule has 0 radical (unpaired) electrons. The fourth-order valence-electron chi connectivity index (χ4n) is 1.50. The zero-order valence-corrected chi connectivity index (χ0v) is 11.6. The molecule has 1 aromatic carbocycles. The van der Waals surface area contributed by atoms with Crippen molar-refractivity contribution in [1.29, 1.82) is 0 Å². The van der Waals surface area contributed by atoms with Crippen LogP contribution in [0, 0.1) is 12.3 Å². The van der Waals surface area contributed by atoms with Crippen molar-refractivity contribution < 1.29 is 18.0 Å². The maximum atomic E-state index is 12.4. The van der Waals surface area contributed by atoms with Gasteiger partial charge < -0.3 is 0 Å². The highest BCUT2D eigenvalue weighted by Crippen LogP contribution is 2.19. The van der Waals surface area contributed by atoms with E-state index in [0.717, 1.165) is 5.06 Å². The molecule has 0 N–H and O–H groups in total. The number of hydrogen-bond acceptors (Lipinski definition) is 4. The van der Waals surface area contributed by atoms with E-state index in [1.54, 1.807) is 18.2 Å². The molecule has 0 saturated carbocycles. The molecule has 0 spiro atoms. The van der Waals surface area contributed by atoms with E-state index in [4.69, 9.17) is 11.3 Å². The van der Waals surface area contributed by atoms with Gasteiger partial charge in [0.25, 0.3) is 5.91 Å². The first-order chi connectivity index (χ1) is 8.95. The first-order valence-corrected chi connectivity index (χ1v) is 7.04. The van der Waals surface area contributed by atoms with Gasteiger partial charge >= 0.3 is 0 Å². The summed E-state index contributed by atoms with van der Waals surface area (Å²) in [6.45, 7) is 0. The predicted octanol–water partition coefficient (Wildman–Crippen LogP) is 0.872. The molecule has 0 saturated heterocycles. The van der Waals surface area contributed by atoms with E-state index in [0.29, 0.717) is 0 Å². The summed E-state index contributed by atoms with van der Waals surface area (Å²) in [4.78, 5) is 16.8. The van der Waals surface area contributed by atoms with Crippen LogP contribution in [0.3, 0.4) is 0 Å². The van der Waals surface area contributed by atoms with Crippen LogP contribution in [0.4, 0.5) is 0 Å². The average Bonchev–Trinajstić information content (AvgIpc) is 2.43. The van der Waals surface area contributed by atoms with Gasteiger partial charge in [0, 0.05) is 13.5 Å². The molecule has 0 aliphatic heterocycles. The number of hydrogen-bond donors (Lipinski definition) is 0. The molecule has 1 unspecified atom stereocenters. The van der Waals surface area contributed by atoms with Crippen molar-refractivity contribution in [2.75, 3.05) is 14.2 Å². The van der Waals surface area contributed by atoms with E-state index < -0.39 is 21.0 Å². The van der Waals surface area contributed by atoms with Gasteiger partial charge in [0.05, 0.1) is 12.0 Å². The Morgan fingerprint density at radius 1 is 1.42 bits per heavy atom. The van der Waals surface area contributed by atoms with Gasteiger partial charge in [-0.3, -0.25) is 9.63 Å². The highest BCUT2D eigenvalue weighted by molar-refractivity contribution is 7.92. The minimum absolute atomic E-state index is 0.0631. The van der Waals surface area contributed by atoms with E-state index in [1.807, 2.05) is 0 Å². The van der Waals surface area contributed by atoms with E-state index in [9.17, 15) is 13.2 Å². The maximum absolute atomic E-state index is 12.4. The highest BCUT2D eigenvalue weighted by atomic mass is 32.2. The molecular formula is C13H15NO4S. The summed E-state index contributed by atoms with van der Waals surface area (Å²) in [6, 6.07) is 7.73. The number of sulfone groups is 1. The van der Waals surface area contributed by atoms with Gasteiger partial charge in [0.1, 0.15) is 0 Å². The van der Waals surface area contributed by atoms with Crippen LogP contribution in [0.2, 0.25) is 0 Å². The third-order valence-electron chi connectivity index (χ3n) is 2.61. The Hall–Kier alpha value is -1.84. The third-order valence-corrected chi connectivity index (χ3v) is 4.66. The topological polar surface area (TPSA) is 63.7 Å². The van der Waals surface area contributed by atoms with Crippen molar-refractivity contribution in [2.45, 2.75) is 16.6 Å². The molecule has 0 fully saturated rings. The fourth-order valence-corrected chi connectivity index (χ4v) is 3.10. The van der Waals surface area contributed by atoms with Gasteiger partial charge in [0.15, 0.2) is 15.1 Å². The quantitative estimate of drug-likeness (QED) is 0.593. The molecule has 0 aliphatic rings. The van der Waals surface area contributed by atoms with Crippen LogP contribution in [-0.4, -0.2) is 38.8 Å². The first-order valence-electron chi connectivity index (χ1n) is 5.49. The number of nitrogens with zero attached hydrogens (tertiary/aromatic N) is 1. The summed E-state index contributed by atoms with van der Waals surface area (Å²) < 4.78 is 24.8. The minimum atomic E-state index is -3.83. The first kappa shape index (κ1) is 15.2. The summed E-state index contributed by atoms with van der Waals surface area (Å²) in [5, 5.41) is -0.479. The van der Waals surface area contributed by atoms with Crippen LogP contribution in [0.25, 0.3) is 0 Å². The predicted molar refractivity (Wildman–Crippen MR) is 70.6 cm³/mol. The Morgan fingerprint density at radius 2 is 2.00 bits per heavy atom. The number of hydroxylamine groups is 2. The average molecular weight is 281 g/mol. The van der Waals surface area contributed by atoms with Crippen molar-refractivity contribution in [2.24, 2.45) is 0 Å². The second-order valence-electron chi connectivity index (χ2n) is 3.77. The van der Waals surface area contributed by atoms with Gasteiger partial charge in [-0.1, -0.05) is 18.2 Å². The van der Waals surface area contributed by atoms with E-state index in [-0.39, 0.29) is 11.3 Å². The number of benzene rings is 1. The lowest BCUT2D eigenvalue weighted by Crippen LogP contribution is -2.40. The number of amides is 1. The van der Waals surface area contributed by atoms with Gasteiger partial charge in [-0.15, -0.1) is 12.3 Å². The summed E-state index contributed by atoms with van der Waals surface area (Å²) in [6.07, 6.45) is 4.95. The van der Waals surface area contributed by atoms with Crippen molar-refractivity contribution in [3.63, 3.8) is 0 Å². The fraction of sp³-hybridized carbons (Fsp3) is 0.308. The summed E-state index contributed by atoms with van der Waals surface area (Å²) in [5.74, 6) is 1.53. The van der Waals surface area contributed by atoms with Gasteiger partial charge in [-0.05, 0) is 12.1 Å². The molecule has 19 heavy (non-hydrogen) atoms. The standard InChI is InChI=1S/C13H15NO4S/c1-4-8-12(13(15)14(2)18-3)19(16,17)11-9-6-5-7-10-11/h1,5-7,9-10,12H,8H2,2-3H3. The van der Waals surface area contributed by atoms with Crippen LogP contribution < -0.4 is 0 Å². The van der Waals surface area contributed by atoms with E-state index in [2.05, 4.69) is 5.92 Å². The lowest BCUT2D eigenvalue weighted by Gasteiger charge is -2.20. The SMILES string of the molecule is C#CCC(C(=O)N(C)OC)S(=O)(=O)c1ccccc1. The third kappa shape index (κ3) is 3.34. The second-order valence-corrected chi connectivity index (χ2v) is 5.90. The number of carbonyl (C=O) groups is 1. The monoisotopic (exact) mass is 281 g/mol. The van der Waals surface area contributed by atoms with Crippen molar-refractivity contribution in [3.05, 3.63) is 30.3 Å². The molecule has 1 atom stereocenters. The molecule has 0 aliphatic carbocycles. The summed E-state index contributed by atoms with van der Waals surface area (Å²) in [5.41, 5.74) is 0. The molecule has 102 valence electrons. The van der Waals surface area contributed by atoms with Gasteiger partial charge in [-0.25, -0.2) is 13.5 Å².